The SMILES string of the molecule is Cc1ccc(-c2cc(O)ccc2C(=O)NCCc2ccc(C(C)(C)C)cc2)cc1. The molecule has 2 N–H and O–H groups in total. The van der Waals surface area contributed by atoms with Crippen molar-refractivity contribution in [2.24, 2.45) is 0 Å². The molecule has 0 heterocycles. The van der Waals surface area contributed by atoms with Gasteiger partial charge in [-0.25, -0.2) is 0 Å². The summed E-state index contributed by atoms with van der Waals surface area (Å²) in [7, 11) is 0. The summed E-state index contributed by atoms with van der Waals surface area (Å²) in [5.41, 5.74) is 6.00. The highest BCUT2D eigenvalue weighted by atomic mass is 16.3. The maximum Gasteiger partial charge on any atom is 0.251 e. The first kappa shape index (κ1) is 20.7. The zero-order valence-corrected chi connectivity index (χ0v) is 17.6. The number of amides is 1. The number of rotatable bonds is 5. The van der Waals surface area contributed by atoms with E-state index in [-0.39, 0.29) is 17.1 Å². The maximum atomic E-state index is 12.8. The monoisotopic (exact) mass is 387 g/mol. The Morgan fingerprint density at radius 1 is 0.931 bits per heavy atom. The molecule has 3 nitrogen and oxygen atoms in total. The number of hydrogen-bond acceptors (Lipinski definition) is 2. The van der Waals surface area contributed by atoms with E-state index in [0.29, 0.717) is 12.1 Å². The summed E-state index contributed by atoms with van der Waals surface area (Å²) in [6.45, 7) is 9.18. The molecule has 0 radical (unpaired) electrons. The number of phenols is 1. The highest BCUT2D eigenvalue weighted by Crippen LogP contribution is 2.28. The van der Waals surface area contributed by atoms with Crippen molar-refractivity contribution in [3.63, 3.8) is 0 Å². The highest BCUT2D eigenvalue weighted by molar-refractivity contribution is 6.01. The predicted octanol–water partition coefficient (Wildman–Crippen LogP) is 5.64. The van der Waals surface area contributed by atoms with E-state index >= 15 is 0 Å². The number of aromatic hydroxyl groups is 1. The van der Waals surface area contributed by atoms with Crippen LogP contribution >= 0.6 is 0 Å². The molecule has 29 heavy (non-hydrogen) atoms. The second kappa shape index (κ2) is 8.52. The van der Waals surface area contributed by atoms with Gasteiger partial charge in [-0.05, 0) is 59.2 Å². The Labute approximate surface area is 173 Å². The third kappa shape index (κ3) is 5.26. The largest absolute Gasteiger partial charge is 0.508 e. The Morgan fingerprint density at radius 3 is 2.21 bits per heavy atom. The van der Waals surface area contributed by atoms with E-state index in [0.717, 1.165) is 23.1 Å². The highest BCUT2D eigenvalue weighted by Gasteiger charge is 2.14. The fourth-order valence-corrected chi connectivity index (χ4v) is 3.29. The van der Waals surface area contributed by atoms with E-state index in [2.05, 4.69) is 50.4 Å². The van der Waals surface area contributed by atoms with Crippen molar-refractivity contribution in [2.45, 2.75) is 39.5 Å². The van der Waals surface area contributed by atoms with Crippen molar-refractivity contribution in [1.29, 1.82) is 0 Å². The van der Waals surface area contributed by atoms with Crippen LogP contribution in [0.1, 0.15) is 47.8 Å². The molecule has 0 aliphatic carbocycles. The van der Waals surface area contributed by atoms with E-state index in [9.17, 15) is 9.90 Å². The van der Waals surface area contributed by atoms with Gasteiger partial charge >= 0.3 is 0 Å². The average Bonchev–Trinajstić information content (AvgIpc) is 2.68. The minimum atomic E-state index is -0.133. The van der Waals surface area contributed by atoms with Gasteiger partial charge in [-0.15, -0.1) is 0 Å². The molecule has 0 aliphatic heterocycles. The summed E-state index contributed by atoms with van der Waals surface area (Å²) < 4.78 is 0. The molecule has 3 aromatic carbocycles. The number of benzene rings is 3. The van der Waals surface area contributed by atoms with E-state index in [4.69, 9.17) is 0 Å². The minimum absolute atomic E-state index is 0.133. The molecule has 0 spiro atoms. The van der Waals surface area contributed by atoms with Crippen molar-refractivity contribution >= 4 is 5.91 Å². The zero-order valence-electron chi connectivity index (χ0n) is 17.6. The molecule has 3 rings (SSSR count). The Hall–Kier alpha value is -3.07. The molecule has 0 unspecified atom stereocenters. The second-order valence-electron chi connectivity index (χ2n) is 8.55. The van der Waals surface area contributed by atoms with Crippen molar-refractivity contribution in [3.05, 3.63) is 89.0 Å². The lowest BCUT2D eigenvalue weighted by atomic mass is 9.86. The van der Waals surface area contributed by atoms with Crippen LogP contribution in [0.5, 0.6) is 5.75 Å². The first-order valence-electron chi connectivity index (χ1n) is 10.0. The van der Waals surface area contributed by atoms with Gasteiger partial charge in [0.2, 0.25) is 0 Å². The molecule has 0 saturated heterocycles. The molecule has 0 fully saturated rings. The van der Waals surface area contributed by atoms with Gasteiger partial charge in [0.05, 0.1) is 0 Å². The molecule has 0 aliphatic rings. The Balaban J connectivity index is 1.69. The summed E-state index contributed by atoms with van der Waals surface area (Å²) in [5, 5.41) is 12.9. The van der Waals surface area contributed by atoms with Gasteiger partial charge in [0.25, 0.3) is 5.91 Å². The van der Waals surface area contributed by atoms with Crippen LogP contribution in [0.15, 0.2) is 66.7 Å². The van der Waals surface area contributed by atoms with Crippen molar-refractivity contribution in [3.8, 4) is 16.9 Å². The van der Waals surface area contributed by atoms with Gasteiger partial charge in [-0.3, -0.25) is 4.79 Å². The van der Waals surface area contributed by atoms with Crippen LogP contribution in [0.4, 0.5) is 0 Å². The standard InChI is InChI=1S/C26H29NO2/c1-18-5-9-20(10-6-18)24-17-22(28)13-14-23(24)25(29)27-16-15-19-7-11-21(12-8-19)26(2,3)4/h5-14,17,28H,15-16H2,1-4H3,(H,27,29). The van der Waals surface area contributed by atoms with Crippen LogP contribution in [-0.4, -0.2) is 17.6 Å². The smallest absolute Gasteiger partial charge is 0.251 e. The number of aryl methyl sites for hydroxylation is 1. The molecular formula is C26H29NO2. The molecular weight excluding hydrogens is 358 g/mol. The topological polar surface area (TPSA) is 49.3 Å². The third-order valence-electron chi connectivity index (χ3n) is 5.13. The van der Waals surface area contributed by atoms with Crippen LogP contribution < -0.4 is 5.32 Å². The van der Waals surface area contributed by atoms with Gasteiger partial charge in [-0.1, -0.05) is 74.9 Å². The van der Waals surface area contributed by atoms with Crippen LogP contribution in [-0.2, 0) is 11.8 Å². The quantitative estimate of drug-likeness (QED) is 0.595. The van der Waals surface area contributed by atoms with Gasteiger partial charge in [0.15, 0.2) is 0 Å². The molecule has 0 saturated carbocycles. The number of nitrogens with one attached hydrogen (secondary N) is 1. The molecule has 3 aromatic rings. The summed E-state index contributed by atoms with van der Waals surface area (Å²) in [6.07, 6.45) is 0.772. The summed E-state index contributed by atoms with van der Waals surface area (Å²) in [4.78, 5) is 12.8. The predicted molar refractivity (Wildman–Crippen MR) is 119 cm³/mol. The lowest BCUT2D eigenvalue weighted by Gasteiger charge is -2.19. The van der Waals surface area contributed by atoms with Crippen LogP contribution in [0.3, 0.4) is 0 Å². The van der Waals surface area contributed by atoms with Gasteiger partial charge in [0.1, 0.15) is 5.75 Å². The molecule has 3 heteroatoms. The van der Waals surface area contributed by atoms with Gasteiger partial charge in [0, 0.05) is 12.1 Å². The minimum Gasteiger partial charge on any atom is -0.508 e. The number of phenolic OH excluding ortho intramolecular Hbond substituents is 1. The summed E-state index contributed by atoms with van der Waals surface area (Å²) in [5.74, 6) is 0.0166. The molecule has 0 bridgehead atoms. The van der Waals surface area contributed by atoms with Crippen molar-refractivity contribution < 1.29 is 9.90 Å². The Kier molecular flexibility index (Phi) is 6.07. The lowest BCUT2D eigenvalue weighted by Crippen LogP contribution is -2.26. The Bertz CT molecular complexity index is 981. The van der Waals surface area contributed by atoms with E-state index in [1.165, 1.54) is 11.1 Å². The normalized spacial score (nSPS) is 11.3. The number of carbonyl (C=O) groups excluding carboxylic acids is 1. The summed E-state index contributed by atoms with van der Waals surface area (Å²) >= 11 is 0. The number of hydrogen-bond donors (Lipinski definition) is 2. The van der Waals surface area contributed by atoms with Crippen LogP contribution in [0.2, 0.25) is 0 Å². The Morgan fingerprint density at radius 2 is 1.59 bits per heavy atom. The average molecular weight is 388 g/mol. The first-order chi connectivity index (χ1) is 13.7. The van der Waals surface area contributed by atoms with Gasteiger partial charge < -0.3 is 10.4 Å². The zero-order chi connectivity index (χ0) is 21.0. The molecule has 1 amide bonds. The second-order valence-corrected chi connectivity index (χ2v) is 8.55. The number of carbonyl (C=O) groups is 1. The van der Waals surface area contributed by atoms with Gasteiger partial charge in [-0.2, -0.15) is 0 Å². The van der Waals surface area contributed by atoms with Crippen molar-refractivity contribution in [2.75, 3.05) is 6.54 Å². The molecule has 0 aromatic heterocycles. The fraction of sp³-hybridized carbons (Fsp3) is 0.269. The first-order valence-corrected chi connectivity index (χ1v) is 10.0. The van der Waals surface area contributed by atoms with Crippen LogP contribution in [0.25, 0.3) is 11.1 Å². The molecule has 150 valence electrons. The van der Waals surface area contributed by atoms with E-state index < -0.39 is 0 Å². The van der Waals surface area contributed by atoms with Crippen LogP contribution in [0, 0.1) is 6.92 Å². The fourth-order valence-electron chi connectivity index (χ4n) is 3.29. The maximum absolute atomic E-state index is 12.8. The summed E-state index contributed by atoms with van der Waals surface area (Å²) in [6, 6.07) is 21.4. The molecule has 0 atom stereocenters. The lowest BCUT2D eigenvalue weighted by molar-refractivity contribution is 0.0955. The van der Waals surface area contributed by atoms with E-state index in [1.807, 2.05) is 31.2 Å². The van der Waals surface area contributed by atoms with Crippen molar-refractivity contribution in [1.82, 2.24) is 5.32 Å². The van der Waals surface area contributed by atoms with E-state index in [1.54, 1.807) is 18.2 Å². The third-order valence-corrected chi connectivity index (χ3v) is 5.13.